The van der Waals surface area contributed by atoms with Crippen molar-refractivity contribution in [2.45, 2.75) is 19.5 Å². The zero-order valence-electron chi connectivity index (χ0n) is 12.6. The third kappa shape index (κ3) is 4.70. The van der Waals surface area contributed by atoms with Crippen molar-refractivity contribution in [2.24, 2.45) is 5.92 Å². The van der Waals surface area contributed by atoms with Crippen LogP contribution in [0.4, 0.5) is 13.2 Å². The first-order valence-electron chi connectivity index (χ1n) is 7.24. The zero-order valence-corrected chi connectivity index (χ0v) is 13.5. The summed E-state index contributed by atoms with van der Waals surface area (Å²) in [5.41, 5.74) is -0.0788. The van der Waals surface area contributed by atoms with E-state index < -0.39 is 27.5 Å². The molecular formula is C15H18F3NO3S. The number of alkyl halides is 3. The molecule has 1 amide bonds. The largest absolute Gasteiger partial charge is 0.416 e. The van der Waals surface area contributed by atoms with Crippen LogP contribution in [0.15, 0.2) is 24.3 Å². The van der Waals surface area contributed by atoms with Crippen LogP contribution in [-0.4, -0.2) is 43.8 Å². The molecule has 0 radical (unpaired) electrons. The third-order valence-electron chi connectivity index (χ3n) is 3.90. The van der Waals surface area contributed by atoms with Gasteiger partial charge in [0.2, 0.25) is 5.91 Å². The van der Waals surface area contributed by atoms with E-state index in [9.17, 15) is 26.4 Å². The maximum Gasteiger partial charge on any atom is 0.416 e. The molecule has 1 atom stereocenters. The van der Waals surface area contributed by atoms with Gasteiger partial charge in [-0.2, -0.15) is 13.2 Å². The number of hydrogen-bond acceptors (Lipinski definition) is 3. The minimum atomic E-state index is -4.38. The molecule has 2 rings (SSSR count). The number of hydrogen-bond donors (Lipinski definition) is 0. The van der Waals surface area contributed by atoms with Gasteiger partial charge in [-0.05, 0) is 24.1 Å². The summed E-state index contributed by atoms with van der Waals surface area (Å²) in [5.74, 6) is -0.648. The summed E-state index contributed by atoms with van der Waals surface area (Å²) < 4.78 is 60.2. The van der Waals surface area contributed by atoms with Crippen LogP contribution in [0, 0.1) is 5.92 Å². The number of nitrogens with zero attached hydrogens (tertiary/aromatic N) is 1. The fourth-order valence-electron chi connectivity index (χ4n) is 2.52. The average Bonchev–Trinajstić information content (AvgIpc) is 2.46. The molecule has 1 aliphatic rings. The van der Waals surface area contributed by atoms with Gasteiger partial charge in [0, 0.05) is 19.0 Å². The fourth-order valence-corrected chi connectivity index (χ4v) is 3.72. The van der Waals surface area contributed by atoms with Crippen LogP contribution in [-0.2, 0) is 27.2 Å². The van der Waals surface area contributed by atoms with E-state index in [4.69, 9.17) is 0 Å². The number of carbonyl (C=O) groups excluding carboxylic acids is 1. The third-order valence-corrected chi connectivity index (χ3v) is 5.51. The number of carbonyl (C=O) groups is 1. The number of benzene rings is 1. The summed E-state index contributed by atoms with van der Waals surface area (Å²) in [6.45, 7) is 2.06. The quantitative estimate of drug-likeness (QED) is 0.840. The van der Waals surface area contributed by atoms with Gasteiger partial charge in [-0.15, -0.1) is 0 Å². The Bertz CT molecular complexity index is 654. The second-order valence-electron chi connectivity index (χ2n) is 5.78. The van der Waals surface area contributed by atoms with Crippen molar-refractivity contribution in [3.05, 3.63) is 35.4 Å². The van der Waals surface area contributed by atoms with Crippen molar-refractivity contribution in [1.82, 2.24) is 4.90 Å². The zero-order chi connectivity index (χ0) is 17.3. The molecule has 0 N–H and O–H groups in total. The highest BCUT2D eigenvalue weighted by Gasteiger charge is 2.30. The van der Waals surface area contributed by atoms with Gasteiger partial charge in [0.25, 0.3) is 0 Å². The van der Waals surface area contributed by atoms with Crippen molar-refractivity contribution in [1.29, 1.82) is 0 Å². The van der Waals surface area contributed by atoms with E-state index in [1.54, 1.807) is 6.92 Å². The van der Waals surface area contributed by atoms with Gasteiger partial charge < -0.3 is 4.90 Å². The van der Waals surface area contributed by atoms with Crippen molar-refractivity contribution in [3.8, 4) is 0 Å². The lowest BCUT2D eigenvalue weighted by Gasteiger charge is -2.29. The second-order valence-corrected chi connectivity index (χ2v) is 8.08. The van der Waals surface area contributed by atoms with E-state index in [2.05, 4.69) is 0 Å². The Morgan fingerprint density at radius 2 is 1.70 bits per heavy atom. The molecule has 0 saturated carbocycles. The lowest BCUT2D eigenvalue weighted by Crippen LogP contribution is -2.46. The molecule has 1 aromatic carbocycles. The Hall–Kier alpha value is -1.57. The Labute approximate surface area is 133 Å². The lowest BCUT2D eigenvalue weighted by atomic mass is 9.98. The summed E-state index contributed by atoms with van der Waals surface area (Å²) in [6, 6.07) is 4.74. The van der Waals surface area contributed by atoms with Crippen molar-refractivity contribution in [2.75, 3.05) is 24.6 Å². The topological polar surface area (TPSA) is 54.5 Å². The molecule has 0 unspecified atom stereocenters. The Morgan fingerprint density at radius 3 is 2.17 bits per heavy atom. The van der Waals surface area contributed by atoms with Crippen LogP contribution >= 0.6 is 0 Å². The van der Waals surface area contributed by atoms with E-state index in [1.165, 1.54) is 17.0 Å². The number of rotatable bonds is 3. The molecule has 1 saturated heterocycles. The molecule has 8 heteroatoms. The van der Waals surface area contributed by atoms with Gasteiger partial charge in [-0.1, -0.05) is 19.1 Å². The molecule has 0 aliphatic carbocycles. The molecule has 23 heavy (non-hydrogen) atoms. The maximum absolute atomic E-state index is 12.5. The molecule has 1 heterocycles. The minimum absolute atomic E-state index is 0.0360. The van der Waals surface area contributed by atoms with Gasteiger partial charge in [-0.3, -0.25) is 4.79 Å². The average molecular weight is 349 g/mol. The Kier molecular flexibility index (Phi) is 5.03. The molecular weight excluding hydrogens is 331 g/mol. The van der Waals surface area contributed by atoms with Gasteiger partial charge >= 0.3 is 6.18 Å². The van der Waals surface area contributed by atoms with Crippen molar-refractivity contribution >= 4 is 15.7 Å². The van der Waals surface area contributed by atoms with E-state index in [1.807, 2.05) is 0 Å². The SMILES string of the molecule is C[C@@H](Cc1ccc(C(F)(F)F)cc1)C(=O)N1CCS(=O)(=O)CC1. The van der Waals surface area contributed by atoms with E-state index in [-0.39, 0.29) is 30.5 Å². The first kappa shape index (κ1) is 17.8. The van der Waals surface area contributed by atoms with Crippen molar-refractivity contribution in [3.63, 3.8) is 0 Å². The first-order valence-corrected chi connectivity index (χ1v) is 9.06. The highest BCUT2D eigenvalue weighted by molar-refractivity contribution is 7.91. The van der Waals surface area contributed by atoms with E-state index >= 15 is 0 Å². The molecule has 1 fully saturated rings. The van der Waals surface area contributed by atoms with Gasteiger partial charge in [0.15, 0.2) is 9.84 Å². The molecule has 0 bridgehead atoms. The minimum Gasteiger partial charge on any atom is -0.340 e. The molecule has 0 spiro atoms. The van der Waals surface area contributed by atoms with Crippen LogP contribution in [0.1, 0.15) is 18.1 Å². The molecule has 4 nitrogen and oxygen atoms in total. The Balaban J connectivity index is 1.96. The standard InChI is InChI=1S/C15H18F3NO3S/c1-11(14(20)19-6-8-23(21,22)9-7-19)10-12-2-4-13(5-3-12)15(16,17)18/h2-5,11H,6-10H2,1H3/t11-/m0/s1. The summed E-state index contributed by atoms with van der Waals surface area (Å²) >= 11 is 0. The van der Waals surface area contributed by atoms with Crippen LogP contribution in [0.25, 0.3) is 0 Å². The fraction of sp³-hybridized carbons (Fsp3) is 0.533. The van der Waals surface area contributed by atoms with Crippen LogP contribution < -0.4 is 0 Å². The number of sulfone groups is 1. The lowest BCUT2D eigenvalue weighted by molar-refractivity contribution is -0.137. The normalized spacial score (nSPS) is 19.4. The predicted molar refractivity (Wildman–Crippen MR) is 79.5 cm³/mol. The predicted octanol–water partition coefficient (Wildman–Crippen LogP) is 2.14. The van der Waals surface area contributed by atoms with Crippen molar-refractivity contribution < 1.29 is 26.4 Å². The highest BCUT2D eigenvalue weighted by atomic mass is 32.2. The van der Waals surface area contributed by atoms with Gasteiger partial charge in [0.05, 0.1) is 17.1 Å². The highest BCUT2D eigenvalue weighted by Crippen LogP contribution is 2.29. The van der Waals surface area contributed by atoms with Crippen LogP contribution in [0.2, 0.25) is 0 Å². The molecule has 1 aliphatic heterocycles. The van der Waals surface area contributed by atoms with Gasteiger partial charge in [0.1, 0.15) is 0 Å². The second kappa shape index (κ2) is 6.51. The van der Waals surface area contributed by atoms with Crippen LogP contribution in [0.3, 0.4) is 0 Å². The summed E-state index contributed by atoms with van der Waals surface area (Å²) in [7, 11) is -3.05. The first-order chi connectivity index (χ1) is 10.6. The monoisotopic (exact) mass is 349 g/mol. The number of amides is 1. The van der Waals surface area contributed by atoms with Crippen LogP contribution in [0.5, 0.6) is 0 Å². The summed E-state index contributed by atoms with van der Waals surface area (Å²) in [5, 5.41) is 0. The number of halogens is 3. The maximum atomic E-state index is 12.5. The van der Waals surface area contributed by atoms with E-state index in [0.717, 1.165) is 12.1 Å². The summed E-state index contributed by atoms with van der Waals surface area (Å²) in [4.78, 5) is 13.8. The smallest absolute Gasteiger partial charge is 0.340 e. The summed E-state index contributed by atoms with van der Waals surface area (Å²) in [6.07, 6.45) is -4.06. The molecule has 0 aromatic heterocycles. The molecule has 128 valence electrons. The Morgan fingerprint density at radius 1 is 1.17 bits per heavy atom. The van der Waals surface area contributed by atoms with Gasteiger partial charge in [-0.25, -0.2) is 8.42 Å². The van der Waals surface area contributed by atoms with E-state index in [0.29, 0.717) is 12.0 Å². The molecule has 1 aromatic rings.